The molecule has 0 aliphatic carbocycles. The van der Waals surface area contributed by atoms with Crippen LogP contribution in [0.15, 0.2) is 69.9 Å². The van der Waals surface area contributed by atoms with Gasteiger partial charge in [0.25, 0.3) is 11.5 Å². The maximum absolute atomic E-state index is 14.2. The Morgan fingerprint density at radius 3 is 2.44 bits per heavy atom. The standard InChI is InChI=1S/C23H16BrF2N3O3/c1-2-32-15-9-7-14(8-10-15)29-23(31)17-6-4-3-5-16(17)20(28-29)22(30)27-21-18(24)11-13(25)12-19(21)26/h3-12H,2H2,1H3,(H,27,30). The molecule has 1 amide bonds. The summed E-state index contributed by atoms with van der Waals surface area (Å²) in [5, 5.41) is 7.24. The van der Waals surface area contributed by atoms with Crippen LogP contribution >= 0.6 is 15.9 Å². The van der Waals surface area contributed by atoms with Gasteiger partial charge in [0.2, 0.25) is 0 Å². The van der Waals surface area contributed by atoms with Gasteiger partial charge in [0.05, 0.1) is 23.4 Å². The fraction of sp³-hybridized carbons (Fsp3) is 0.0870. The van der Waals surface area contributed by atoms with Crippen LogP contribution in [0.4, 0.5) is 14.5 Å². The Morgan fingerprint density at radius 2 is 1.78 bits per heavy atom. The van der Waals surface area contributed by atoms with Crippen LogP contribution in [-0.2, 0) is 0 Å². The molecule has 0 aliphatic heterocycles. The molecule has 0 unspecified atom stereocenters. The summed E-state index contributed by atoms with van der Waals surface area (Å²) < 4.78 is 34.2. The van der Waals surface area contributed by atoms with E-state index >= 15 is 0 Å². The molecule has 4 aromatic rings. The maximum atomic E-state index is 14.2. The number of ether oxygens (including phenoxy) is 1. The van der Waals surface area contributed by atoms with Crippen molar-refractivity contribution in [3.63, 3.8) is 0 Å². The van der Waals surface area contributed by atoms with Crippen LogP contribution in [0.25, 0.3) is 16.5 Å². The largest absolute Gasteiger partial charge is 0.494 e. The van der Waals surface area contributed by atoms with Crippen molar-refractivity contribution in [1.29, 1.82) is 0 Å². The van der Waals surface area contributed by atoms with Crippen molar-refractivity contribution in [2.24, 2.45) is 0 Å². The minimum atomic E-state index is -0.950. The number of amides is 1. The molecule has 6 nitrogen and oxygen atoms in total. The number of hydrogen-bond donors (Lipinski definition) is 1. The van der Waals surface area contributed by atoms with Crippen molar-refractivity contribution in [3.05, 3.63) is 92.8 Å². The van der Waals surface area contributed by atoms with Crippen LogP contribution < -0.4 is 15.6 Å². The van der Waals surface area contributed by atoms with Gasteiger partial charge in [0.1, 0.15) is 11.6 Å². The average molecular weight is 500 g/mol. The van der Waals surface area contributed by atoms with Crippen LogP contribution in [0.5, 0.6) is 5.75 Å². The second-order valence-corrected chi connectivity index (χ2v) is 7.59. The number of nitrogens with one attached hydrogen (secondary N) is 1. The number of rotatable bonds is 5. The average Bonchev–Trinajstić information content (AvgIpc) is 2.77. The zero-order chi connectivity index (χ0) is 22.8. The predicted molar refractivity (Wildman–Crippen MR) is 121 cm³/mol. The minimum Gasteiger partial charge on any atom is -0.494 e. The summed E-state index contributed by atoms with van der Waals surface area (Å²) in [7, 11) is 0. The number of carbonyl (C=O) groups is 1. The molecule has 0 spiro atoms. The van der Waals surface area contributed by atoms with Gasteiger partial charge in [-0.05, 0) is 59.3 Å². The van der Waals surface area contributed by atoms with E-state index in [1.165, 1.54) is 0 Å². The Morgan fingerprint density at radius 1 is 1.09 bits per heavy atom. The Labute approximate surface area is 189 Å². The van der Waals surface area contributed by atoms with E-state index in [1.807, 2.05) is 6.92 Å². The molecule has 0 aliphatic rings. The smallest absolute Gasteiger partial charge is 0.279 e. The second kappa shape index (κ2) is 8.88. The summed E-state index contributed by atoms with van der Waals surface area (Å²) >= 11 is 3.05. The topological polar surface area (TPSA) is 73.2 Å². The third-order valence-electron chi connectivity index (χ3n) is 4.66. The lowest BCUT2D eigenvalue weighted by atomic mass is 10.1. The third kappa shape index (κ3) is 4.11. The normalized spacial score (nSPS) is 10.9. The minimum absolute atomic E-state index is 0.0347. The van der Waals surface area contributed by atoms with E-state index in [-0.39, 0.29) is 21.2 Å². The van der Waals surface area contributed by atoms with Crippen molar-refractivity contribution in [1.82, 2.24) is 9.78 Å². The summed E-state index contributed by atoms with van der Waals surface area (Å²) in [4.78, 5) is 26.1. The Kier molecular flexibility index (Phi) is 6.00. The summed E-state index contributed by atoms with van der Waals surface area (Å²) in [5.41, 5.74) is -0.325. The molecule has 0 bridgehead atoms. The van der Waals surface area contributed by atoms with E-state index in [0.717, 1.165) is 10.7 Å². The molecule has 1 aromatic heterocycles. The van der Waals surface area contributed by atoms with E-state index in [4.69, 9.17) is 4.74 Å². The fourth-order valence-electron chi connectivity index (χ4n) is 3.22. The van der Waals surface area contributed by atoms with E-state index < -0.39 is 23.1 Å². The molecule has 0 saturated heterocycles. The van der Waals surface area contributed by atoms with Crippen molar-refractivity contribution < 1.29 is 18.3 Å². The molecule has 1 N–H and O–H groups in total. The number of anilines is 1. The fourth-order valence-corrected chi connectivity index (χ4v) is 3.72. The number of benzene rings is 3. The molecule has 0 atom stereocenters. The lowest BCUT2D eigenvalue weighted by Crippen LogP contribution is -2.26. The zero-order valence-electron chi connectivity index (χ0n) is 16.7. The van der Waals surface area contributed by atoms with Crippen molar-refractivity contribution in [3.8, 4) is 11.4 Å². The molecular formula is C23H16BrF2N3O3. The van der Waals surface area contributed by atoms with E-state index in [9.17, 15) is 18.4 Å². The summed E-state index contributed by atoms with van der Waals surface area (Å²) in [6.45, 7) is 2.35. The lowest BCUT2D eigenvalue weighted by molar-refractivity contribution is 0.102. The highest BCUT2D eigenvalue weighted by atomic mass is 79.9. The number of hydrogen-bond acceptors (Lipinski definition) is 4. The van der Waals surface area contributed by atoms with Gasteiger partial charge in [-0.3, -0.25) is 9.59 Å². The molecule has 32 heavy (non-hydrogen) atoms. The van der Waals surface area contributed by atoms with E-state index in [1.54, 1.807) is 48.5 Å². The van der Waals surface area contributed by atoms with Gasteiger partial charge in [0, 0.05) is 15.9 Å². The lowest BCUT2D eigenvalue weighted by Gasteiger charge is -2.13. The SMILES string of the molecule is CCOc1ccc(-n2nc(C(=O)Nc3c(F)cc(F)cc3Br)c3ccccc3c2=O)cc1. The van der Waals surface area contributed by atoms with E-state index in [0.29, 0.717) is 29.5 Å². The number of aromatic nitrogens is 2. The number of halogens is 3. The first kappa shape index (κ1) is 21.6. The van der Waals surface area contributed by atoms with Gasteiger partial charge in [-0.1, -0.05) is 18.2 Å². The Hall–Kier alpha value is -3.59. The predicted octanol–water partition coefficient (Wildman–Crippen LogP) is 5.08. The van der Waals surface area contributed by atoms with Gasteiger partial charge in [-0.15, -0.1) is 0 Å². The number of nitrogens with zero attached hydrogens (tertiary/aromatic N) is 2. The monoisotopic (exact) mass is 499 g/mol. The first-order valence-electron chi connectivity index (χ1n) is 9.60. The molecular weight excluding hydrogens is 484 g/mol. The summed E-state index contributed by atoms with van der Waals surface area (Å²) in [5.74, 6) is -1.87. The van der Waals surface area contributed by atoms with Gasteiger partial charge < -0.3 is 10.1 Å². The Balaban J connectivity index is 1.83. The van der Waals surface area contributed by atoms with Gasteiger partial charge in [-0.2, -0.15) is 9.78 Å². The summed E-state index contributed by atoms with van der Waals surface area (Å²) in [6.07, 6.45) is 0. The quantitative estimate of drug-likeness (QED) is 0.415. The van der Waals surface area contributed by atoms with Crippen LogP contribution in [0, 0.1) is 11.6 Å². The van der Waals surface area contributed by atoms with Crippen LogP contribution in [-0.4, -0.2) is 22.3 Å². The van der Waals surface area contributed by atoms with Crippen LogP contribution in [0.1, 0.15) is 17.4 Å². The molecule has 1 heterocycles. The van der Waals surface area contributed by atoms with Gasteiger partial charge in [0.15, 0.2) is 11.5 Å². The van der Waals surface area contributed by atoms with Crippen molar-refractivity contribution in [2.45, 2.75) is 6.92 Å². The third-order valence-corrected chi connectivity index (χ3v) is 5.28. The first-order valence-corrected chi connectivity index (χ1v) is 10.4. The molecule has 0 saturated carbocycles. The summed E-state index contributed by atoms with van der Waals surface area (Å²) in [6, 6.07) is 14.8. The maximum Gasteiger partial charge on any atom is 0.279 e. The molecule has 3 aromatic carbocycles. The highest BCUT2D eigenvalue weighted by Gasteiger charge is 2.20. The highest BCUT2D eigenvalue weighted by Crippen LogP contribution is 2.28. The zero-order valence-corrected chi connectivity index (χ0v) is 18.3. The second-order valence-electron chi connectivity index (χ2n) is 6.74. The number of carbonyl (C=O) groups excluding carboxylic acids is 1. The molecule has 0 radical (unpaired) electrons. The van der Waals surface area contributed by atoms with Gasteiger partial charge >= 0.3 is 0 Å². The molecule has 0 fully saturated rings. The van der Waals surface area contributed by atoms with Gasteiger partial charge in [-0.25, -0.2) is 8.78 Å². The van der Waals surface area contributed by atoms with Crippen molar-refractivity contribution >= 4 is 38.3 Å². The molecule has 162 valence electrons. The molecule has 9 heteroatoms. The molecule has 4 rings (SSSR count). The highest BCUT2D eigenvalue weighted by molar-refractivity contribution is 9.10. The first-order chi connectivity index (χ1) is 15.4. The number of fused-ring (bicyclic) bond motifs is 1. The van der Waals surface area contributed by atoms with Crippen molar-refractivity contribution in [2.75, 3.05) is 11.9 Å². The van der Waals surface area contributed by atoms with Crippen LogP contribution in [0.3, 0.4) is 0 Å². The van der Waals surface area contributed by atoms with E-state index in [2.05, 4.69) is 26.3 Å². The Bertz CT molecular complexity index is 1360. The van der Waals surface area contributed by atoms with Crippen LogP contribution in [0.2, 0.25) is 0 Å².